The third-order valence-electron chi connectivity index (χ3n) is 4.75. The summed E-state index contributed by atoms with van der Waals surface area (Å²) in [5, 5.41) is 2.44. The molecule has 2 heterocycles. The zero-order valence-electron chi connectivity index (χ0n) is 15.4. The lowest BCUT2D eigenvalue weighted by Gasteiger charge is -2.10. The smallest absolute Gasteiger partial charge is 0.263 e. The lowest BCUT2D eigenvalue weighted by molar-refractivity contribution is 0.0969. The summed E-state index contributed by atoms with van der Waals surface area (Å²) in [4.78, 5) is 31.1. The molecule has 0 atom stereocenters. The van der Waals surface area contributed by atoms with Gasteiger partial charge in [-0.25, -0.2) is 9.37 Å². The van der Waals surface area contributed by atoms with Crippen molar-refractivity contribution in [3.05, 3.63) is 87.0 Å². The number of aryl methyl sites for hydroxylation is 2. The average Bonchev–Trinajstić information content (AvgIpc) is 3.11. The van der Waals surface area contributed by atoms with Gasteiger partial charge in [0.1, 0.15) is 16.5 Å². The Labute approximate surface area is 164 Å². The van der Waals surface area contributed by atoms with Crippen molar-refractivity contribution in [2.45, 2.75) is 20.4 Å². The van der Waals surface area contributed by atoms with E-state index in [0.29, 0.717) is 27.2 Å². The molecule has 0 unspecified atom stereocenters. The second-order valence-corrected chi connectivity index (χ2v) is 7.49. The van der Waals surface area contributed by atoms with Gasteiger partial charge in [-0.1, -0.05) is 30.3 Å². The monoisotopic (exact) mass is 392 g/mol. The molecule has 0 fully saturated rings. The van der Waals surface area contributed by atoms with Gasteiger partial charge in [0.2, 0.25) is 0 Å². The molecule has 0 radical (unpaired) electrons. The predicted octanol–water partition coefficient (Wildman–Crippen LogP) is 4.76. The van der Waals surface area contributed by atoms with E-state index >= 15 is 0 Å². The van der Waals surface area contributed by atoms with Gasteiger partial charge in [0, 0.05) is 16.5 Å². The van der Waals surface area contributed by atoms with Crippen LogP contribution in [0.4, 0.5) is 4.39 Å². The Bertz CT molecular complexity index is 1260. The summed E-state index contributed by atoms with van der Waals surface area (Å²) < 4.78 is 14.9. The molecule has 2 aromatic heterocycles. The Balaban J connectivity index is 1.80. The van der Waals surface area contributed by atoms with E-state index < -0.39 is 0 Å². The molecule has 4 nitrogen and oxygen atoms in total. The maximum Gasteiger partial charge on any atom is 0.263 e. The molecule has 140 valence electrons. The highest BCUT2D eigenvalue weighted by Gasteiger charge is 2.18. The van der Waals surface area contributed by atoms with Gasteiger partial charge in [-0.2, -0.15) is 0 Å². The molecule has 4 rings (SSSR count). The first-order chi connectivity index (χ1) is 13.5. The number of nitrogens with zero attached hydrogens (tertiary/aromatic N) is 2. The van der Waals surface area contributed by atoms with Crippen LogP contribution in [0.15, 0.2) is 58.7 Å². The Morgan fingerprint density at radius 3 is 2.61 bits per heavy atom. The molecular weight excluding hydrogens is 375 g/mol. The van der Waals surface area contributed by atoms with Crippen LogP contribution in [0.5, 0.6) is 0 Å². The van der Waals surface area contributed by atoms with E-state index in [1.54, 1.807) is 13.8 Å². The molecule has 28 heavy (non-hydrogen) atoms. The molecule has 0 amide bonds. The van der Waals surface area contributed by atoms with Crippen LogP contribution in [0, 0.1) is 19.7 Å². The van der Waals surface area contributed by atoms with Crippen LogP contribution in [0.25, 0.3) is 21.3 Å². The van der Waals surface area contributed by atoms with Gasteiger partial charge in [0.25, 0.3) is 5.56 Å². The van der Waals surface area contributed by atoms with Crippen LogP contribution < -0.4 is 5.56 Å². The number of rotatable bonds is 4. The maximum atomic E-state index is 13.5. The molecule has 0 saturated carbocycles. The molecule has 4 aromatic rings. The lowest BCUT2D eigenvalue weighted by Crippen LogP contribution is -2.27. The molecule has 0 spiro atoms. The van der Waals surface area contributed by atoms with Crippen LogP contribution in [0.2, 0.25) is 0 Å². The van der Waals surface area contributed by atoms with Crippen LogP contribution in [-0.4, -0.2) is 15.3 Å². The number of carbonyl (C=O) groups is 1. The Hall–Kier alpha value is -3.12. The van der Waals surface area contributed by atoms with E-state index in [9.17, 15) is 14.0 Å². The number of hydrogen-bond donors (Lipinski definition) is 0. The van der Waals surface area contributed by atoms with Gasteiger partial charge in [0.15, 0.2) is 5.78 Å². The molecular formula is C22H17FN2O2S. The number of benzene rings is 2. The highest BCUT2D eigenvalue weighted by molar-refractivity contribution is 7.17. The van der Waals surface area contributed by atoms with E-state index in [1.165, 1.54) is 34.1 Å². The first-order valence-electron chi connectivity index (χ1n) is 8.79. The van der Waals surface area contributed by atoms with Crippen molar-refractivity contribution in [1.29, 1.82) is 0 Å². The van der Waals surface area contributed by atoms with Gasteiger partial charge in [-0.05, 0) is 43.2 Å². The molecule has 0 bridgehead atoms. The highest BCUT2D eigenvalue weighted by Crippen LogP contribution is 2.30. The number of aromatic nitrogens is 2. The van der Waals surface area contributed by atoms with Crippen molar-refractivity contribution in [3.8, 4) is 11.1 Å². The van der Waals surface area contributed by atoms with Crippen LogP contribution in [-0.2, 0) is 6.54 Å². The van der Waals surface area contributed by atoms with Crippen molar-refractivity contribution < 1.29 is 9.18 Å². The molecule has 0 N–H and O–H groups in total. The third kappa shape index (κ3) is 3.16. The molecule has 6 heteroatoms. The van der Waals surface area contributed by atoms with E-state index in [4.69, 9.17) is 0 Å². The minimum atomic E-state index is -0.362. The summed E-state index contributed by atoms with van der Waals surface area (Å²) in [5.41, 5.74) is 2.28. The number of ketones is 1. The number of fused-ring (bicyclic) bond motifs is 1. The highest BCUT2D eigenvalue weighted by atomic mass is 32.1. The normalized spacial score (nSPS) is 11.1. The topological polar surface area (TPSA) is 52.0 Å². The first-order valence-corrected chi connectivity index (χ1v) is 9.67. The van der Waals surface area contributed by atoms with E-state index in [-0.39, 0.29) is 23.7 Å². The largest absolute Gasteiger partial charge is 0.292 e. The summed E-state index contributed by atoms with van der Waals surface area (Å²) in [5.74, 6) is -0.143. The minimum absolute atomic E-state index is 0.136. The van der Waals surface area contributed by atoms with E-state index in [0.717, 1.165) is 11.1 Å². The Morgan fingerprint density at radius 2 is 1.89 bits per heavy atom. The van der Waals surface area contributed by atoms with Crippen molar-refractivity contribution in [1.82, 2.24) is 9.55 Å². The molecule has 0 aliphatic carbocycles. The second-order valence-electron chi connectivity index (χ2n) is 6.63. The van der Waals surface area contributed by atoms with Gasteiger partial charge < -0.3 is 0 Å². The number of Topliss-reactive ketones (excluding diaryl/α,β-unsaturated/α-hetero) is 1. The Kier molecular flexibility index (Phi) is 4.65. The fourth-order valence-electron chi connectivity index (χ4n) is 3.20. The van der Waals surface area contributed by atoms with Gasteiger partial charge in [0.05, 0.1) is 11.9 Å². The van der Waals surface area contributed by atoms with Crippen molar-refractivity contribution in [2.75, 3.05) is 0 Å². The van der Waals surface area contributed by atoms with Crippen molar-refractivity contribution in [2.24, 2.45) is 0 Å². The second kappa shape index (κ2) is 7.13. The van der Waals surface area contributed by atoms with Crippen molar-refractivity contribution >= 4 is 27.3 Å². The van der Waals surface area contributed by atoms with Gasteiger partial charge in [-0.15, -0.1) is 11.3 Å². The molecule has 0 aliphatic rings. The number of thiophene rings is 1. The SMILES string of the molecule is Cc1cc(C(=O)Cn2c(C)nc3scc(-c4ccccc4)c3c2=O)ccc1F. The van der Waals surface area contributed by atoms with Crippen LogP contribution >= 0.6 is 11.3 Å². The molecule has 0 saturated heterocycles. The summed E-state index contributed by atoms with van der Waals surface area (Å²) in [6, 6.07) is 13.9. The predicted molar refractivity (Wildman–Crippen MR) is 110 cm³/mol. The summed E-state index contributed by atoms with van der Waals surface area (Å²) in [7, 11) is 0. The first kappa shape index (κ1) is 18.3. The minimum Gasteiger partial charge on any atom is -0.292 e. The number of halogens is 1. The summed E-state index contributed by atoms with van der Waals surface area (Å²) in [6.45, 7) is 3.18. The maximum absolute atomic E-state index is 13.5. The molecule has 0 aliphatic heterocycles. The Morgan fingerprint density at radius 1 is 1.14 bits per heavy atom. The fraction of sp³-hybridized carbons (Fsp3) is 0.136. The molecule has 2 aromatic carbocycles. The zero-order chi connectivity index (χ0) is 19.8. The summed E-state index contributed by atoms with van der Waals surface area (Å²) in [6.07, 6.45) is 0. The van der Waals surface area contributed by atoms with Crippen LogP contribution in [0.3, 0.4) is 0 Å². The van der Waals surface area contributed by atoms with Crippen molar-refractivity contribution in [3.63, 3.8) is 0 Å². The quantitative estimate of drug-likeness (QED) is 0.470. The van der Waals surface area contributed by atoms with Gasteiger partial charge >= 0.3 is 0 Å². The third-order valence-corrected chi connectivity index (χ3v) is 5.62. The van der Waals surface area contributed by atoms with Gasteiger partial charge in [-0.3, -0.25) is 14.2 Å². The van der Waals surface area contributed by atoms with E-state index in [2.05, 4.69) is 4.98 Å². The fourth-order valence-corrected chi connectivity index (χ4v) is 4.18. The number of hydrogen-bond acceptors (Lipinski definition) is 4. The lowest BCUT2D eigenvalue weighted by atomic mass is 10.1. The summed E-state index contributed by atoms with van der Waals surface area (Å²) >= 11 is 1.41. The van der Waals surface area contributed by atoms with E-state index in [1.807, 2.05) is 35.7 Å². The number of carbonyl (C=O) groups excluding carboxylic acids is 1. The van der Waals surface area contributed by atoms with Crippen LogP contribution in [0.1, 0.15) is 21.7 Å². The zero-order valence-corrected chi connectivity index (χ0v) is 16.2. The average molecular weight is 392 g/mol. The standard InChI is InChI=1S/C22H17FN2O2S/c1-13-10-16(8-9-18(13)23)19(26)11-25-14(2)24-21-20(22(25)27)17(12-28-21)15-6-4-3-5-7-15/h3-10,12H,11H2,1-2H3.